The van der Waals surface area contributed by atoms with Crippen LogP contribution in [0.2, 0.25) is 0 Å². The Morgan fingerprint density at radius 1 is 1.08 bits per heavy atom. The van der Waals surface area contributed by atoms with Crippen LogP contribution in [0.25, 0.3) is 11.1 Å². The molecule has 5 rings (SSSR count). The minimum absolute atomic E-state index is 0.00820. The highest BCUT2D eigenvalue weighted by Gasteiger charge is 2.43. The lowest BCUT2D eigenvalue weighted by molar-refractivity contribution is -0.122. The highest BCUT2D eigenvalue weighted by atomic mass is 16.3. The molecule has 1 aromatic heterocycles. The molecule has 0 bridgehead atoms. The number of aliphatic hydroxyl groups excluding tert-OH is 1. The third-order valence-corrected chi connectivity index (χ3v) is 7.37. The van der Waals surface area contributed by atoms with E-state index in [9.17, 15) is 14.7 Å². The zero-order chi connectivity index (χ0) is 26.9. The number of amides is 3. The van der Waals surface area contributed by atoms with E-state index in [1.165, 1.54) is 11.1 Å². The predicted molar refractivity (Wildman–Crippen MR) is 147 cm³/mol. The van der Waals surface area contributed by atoms with Crippen molar-refractivity contribution in [2.75, 3.05) is 6.54 Å². The van der Waals surface area contributed by atoms with Crippen LogP contribution in [-0.2, 0) is 30.9 Å². The van der Waals surface area contributed by atoms with E-state index in [-0.39, 0.29) is 35.9 Å². The van der Waals surface area contributed by atoms with E-state index in [2.05, 4.69) is 33.8 Å². The molecule has 3 N–H and O–H groups in total. The molecule has 3 amide bonds. The number of nitrogens with one attached hydrogen (secondary N) is 2. The summed E-state index contributed by atoms with van der Waals surface area (Å²) < 4.78 is 0. The topological polar surface area (TPSA) is 94.6 Å². The van der Waals surface area contributed by atoms with Gasteiger partial charge in [0.05, 0.1) is 6.61 Å². The van der Waals surface area contributed by atoms with Gasteiger partial charge in [-0.1, -0.05) is 42.5 Å². The number of urea groups is 1. The second kappa shape index (κ2) is 10.6. The summed E-state index contributed by atoms with van der Waals surface area (Å²) in [5, 5.41) is 15.9. The minimum atomic E-state index is -0.327. The van der Waals surface area contributed by atoms with Gasteiger partial charge in [0.1, 0.15) is 0 Å². The summed E-state index contributed by atoms with van der Waals surface area (Å²) in [6.07, 6.45) is 5.05. The summed E-state index contributed by atoms with van der Waals surface area (Å²) in [4.78, 5) is 32.2. The van der Waals surface area contributed by atoms with E-state index < -0.39 is 0 Å². The zero-order valence-electron chi connectivity index (χ0n) is 22.3. The van der Waals surface area contributed by atoms with Crippen LogP contribution >= 0.6 is 0 Å². The molecule has 1 aliphatic heterocycles. The van der Waals surface area contributed by atoms with Crippen molar-refractivity contribution in [2.24, 2.45) is 5.92 Å². The Balaban J connectivity index is 1.38. The summed E-state index contributed by atoms with van der Waals surface area (Å²) in [5.74, 6) is 0.374. The summed E-state index contributed by atoms with van der Waals surface area (Å²) in [7, 11) is 0. The maximum absolute atomic E-state index is 13.0. The van der Waals surface area contributed by atoms with Crippen molar-refractivity contribution < 1.29 is 14.7 Å². The standard InChI is InChI=1S/C31H36N4O3/c1-31(2,3)34-30(38)35-12-11-25-24(23-13-20(19-36)15-32-16-23)10-9-22(28(25)18-35)17-33-29(37)27-14-26(27)21-7-5-4-6-8-21/h4-10,13,15-16,26-27,36H,11-12,14,17-19H2,1-3H3,(H,33,37)(H,34,38)/t26-,27?/m1/s1. The first-order valence-corrected chi connectivity index (χ1v) is 13.3. The third-order valence-electron chi connectivity index (χ3n) is 7.37. The fourth-order valence-corrected chi connectivity index (χ4v) is 5.34. The number of hydrogen-bond acceptors (Lipinski definition) is 4. The quantitative estimate of drug-likeness (QED) is 0.452. The molecule has 3 aromatic rings. The third kappa shape index (κ3) is 5.73. The molecule has 0 saturated heterocycles. The normalized spacial score (nSPS) is 18.5. The molecular formula is C31H36N4O3. The van der Waals surface area contributed by atoms with Gasteiger partial charge in [-0.2, -0.15) is 0 Å². The van der Waals surface area contributed by atoms with Crippen LogP contribution in [0, 0.1) is 5.92 Å². The van der Waals surface area contributed by atoms with Crippen molar-refractivity contribution >= 4 is 11.9 Å². The highest BCUT2D eigenvalue weighted by Crippen LogP contribution is 2.47. The first-order chi connectivity index (χ1) is 18.2. The van der Waals surface area contributed by atoms with E-state index in [0.717, 1.165) is 34.2 Å². The van der Waals surface area contributed by atoms with Crippen LogP contribution < -0.4 is 10.6 Å². The number of aromatic nitrogens is 1. The van der Waals surface area contributed by atoms with E-state index in [1.807, 2.05) is 62.2 Å². The van der Waals surface area contributed by atoms with Gasteiger partial charge in [-0.25, -0.2) is 4.79 Å². The van der Waals surface area contributed by atoms with Crippen LogP contribution in [0.15, 0.2) is 60.9 Å². The second-order valence-corrected chi connectivity index (χ2v) is 11.4. The Hall–Kier alpha value is -3.71. The molecule has 7 heteroatoms. The number of benzene rings is 2. The first kappa shape index (κ1) is 25.9. The molecule has 1 aliphatic carbocycles. The van der Waals surface area contributed by atoms with Crippen molar-refractivity contribution in [1.29, 1.82) is 0 Å². The maximum atomic E-state index is 13.0. The SMILES string of the molecule is CC(C)(C)NC(=O)N1CCc2c(-c3cncc(CO)c3)ccc(CNC(=O)C3C[C@@H]3c3ccccc3)c2C1. The largest absolute Gasteiger partial charge is 0.392 e. The summed E-state index contributed by atoms with van der Waals surface area (Å²) in [6.45, 7) is 7.35. The van der Waals surface area contributed by atoms with Gasteiger partial charge in [-0.3, -0.25) is 9.78 Å². The molecule has 198 valence electrons. The number of rotatable bonds is 6. The Morgan fingerprint density at radius 2 is 1.87 bits per heavy atom. The number of aliphatic hydroxyl groups is 1. The van der Waals surface area contributed by atoms with Crippen LogP contribution in [0.3, 0.4) is 0 Å². The lowest BCUT2D eigenvalue weighted by Gasteiger charge is -2.34. The van der Waals surface area contributed by atoms with Crippen LogP contribution in [0.5, 0.6) is 0 Å². The van der Waals surface area contributed by atoms with Gasteiger partial charge in [0.25, 0.3) is 0 Å². The fraction of sp³-hybridized carbons (Fsp3) is 0.387. The summed E-state index contributed by atoms with van der Waals surface area (Å²) >= 11 is 0. The van der Waals surface area contributed by atoms with Gasteiger partial charge in [-0.15, -0.1) is 0 Å². The zero-order valence-corrected chi connectivity index (χ0v) is 22.3. The Morgan fingerprint density at radius 3 is 2.61 bits per heavy atom. The molecule has 7 nitrogen and oxygen atoms in total. The summed E-state index contributed by atoms with van der Waals surface area (Å²) in [5.41, 5.74) is 6.91. The molecule has 38 heavy (non-hydrogen) atoms. The lowest BCUT2D eigenvalue weighted by Crippen LogP contribution is -2.50. The van der Waals surface area contributed by atoms with E-state index in [1.54, 1.807) is 6.20 Å². The van der Waals surface area contributed by atoms with Crippen molar-refractivity contribution in [2.45, 2.75) is 64.8 Å². The van der Waals surface area contributed by atoms with Gasteiger partial charge in [-0.05, 0) is 79.0 Å². The van der Waals surface area contributed by atoms with Gasteiger partial charge in [0.2, 0.25) is 5.91 Å². The van der Waals surface area contributed by atoms with Crippen LogP contribution in [0.4, 0.5) is 4.79 Å². The van der Waals surface area contributed by atoms with E-state index >= 15 is 0 Å². The number of pyridine rings is 1. The van der Waals surface area contributed by atoms with Crippen molar-refractivity contribution in [1.82, 2.24) is 20.5 Å². The molecular weight excluding hydrogens is 476 g/mol. The fourth-order valence-electron chi connectivity index (χ4n) is 5.34. The molecule has 0 spiro atoms. The number of fused-ring (bicyclic) bond motifs is 1. The van der Waals surface area contributed by atoms with Crippen LogP contribution in [0.1, 0.15) is 60.9 Å². The second-order valence-electron chi connectivity index (χ2n) is 11.4. The Labute approximate surface area is 224 Å². The van der Waals surface area contributed by atoms with Crippen molar-refractivity contribution in [3.8, 4) is 11.1 Å². The Kier molecular flexibility index (Phi) is 7.21. The van der Waals surface area contributed by atoms with Crippen molar-refractivity contribution in [3.63, 3.8) is 0 Å². The first-order valence-electron chi connectivity index (χ1n) is 13.3. The summed E-state index contributed by atoms with van der Waals surface area (Å²) in [6, 6.07) is 16.2. The Bertz CT molecular complexity index is 1330. The van der Waals surface area contributed by atoms with Crippen molar-refractivity contribution in [3.05, 3.63) is 88.7 Å². The van der Waals surface area contributed by atoms with Gasteiger partial charge >= 0.3 is 6.03 Å². The number of carbonyl (C=O) groups is 2. The molecule has 2 atom stereocenters. The molecule has 1 unspecified atom stereocenters. The van der Waals surface area contributed by atoms with Crippen LogP contribution in [-0.4, -0.2) is 39.0 Å². The monoisotopic (exact) mass is 512 g/mol. The maximum Gasteiger partial charge on any atom is 0.318 e. The molecule has 2 aromatic carbocycles. The van der Waals surface area contributed by atoms with E-state index in [0.29, 0.717) is 26.1 Å². The lowest BCUT2D eigenvalue weighted by atomic mass is 9.87. The molecule has 2 aliphatic rings. The minimum Gasteiger partial charge on any atom is -0.392 e. The molecule has 1 saturated carbocycles. The predicted octanol–water partition coefficient (Wildman–Crippen LogP) is 4.53. The van der Waals surface area contributed by atoms with E-state index in [4.69, 9.17) is 0 Å². The smallest absolute Gasteiger partial charge is 0.318 e. The number of hydrogen-bond donors (Lipinski definition) is 3. The molecule has 0 radical (unpaired) electrons. The number of nitrogens with zero attached hydrogens (tertiary/aromatic N) is 2. The van der Waals surface area contributed by atoms with Gasteiger partial charge in [0, 0.05) is 49.0 Å². The highest BCUT2D eigenvalue weighted by molar-refractivity contribution is 5.83. The molecule has 1 fully saturated rings. The number of carbonyl (C=O) groups excluding carboxylic acids is 2. The van der Waals surface area contributed by atoms with Gasteiger partial charge < -0.3 is 20.6 Å². The average Bonchev–Trinajstić information content (AvgIpc) is 3.72. The van der Waals surface area contributed by atoms with Gasteiger partial charge in [0.15, 0.2) is 0 Å². The molecule has 2 heterocycles. The average molecular weight is 513 g/mol.